The monoisotopic (exact) mass is 352 g/mol. The molecule has 1 aliphatic carbocycles. The number of benzene rings is 3. The van der Waals surface area contributed by atoms with Crippen molar-refractivity contribution in [3.63, 3.8) is 0 Å². The molecular formula is C20H17O4P. The minimum atomic E-state index is -4.73. The lowest BCUT2D eigenvalue weighted by Gasteiger charge is -2.37. The summed E-state index contributed by atoms with van der Waals surface area (Å²) >= 11 is 0. The fourth-order valence-corrected chi connectivity index (χ4v) is 4.32. The van der Waals surface area contributed by atoms with Gasteiger partial charge in [-0.15, -0.1) is 0 Å². The zero-order valence-corrected chi connectivity index (χ0v) is 14.3. The molecule has 126 valence electrons. The Morgan fingerprint density at radius 3 is 2.40 bits per heavy atom. The van der Waals surface area contributed by atoms with E-state index in [9.17, 15) is 14.4 Å². The Bertz CT molecular complexity index is 1020. The maximum absolute atomic E-state index is 11.9. The van der Waals surface area contributed by atoms with Gasteiger partial charge in [-0.3, -0.25) is 4.52 Å². The van der Waals surface area contributed by atoms with Gasteiger partial charge in [-0.2, -0.15) is 0 Å². The Kier molecular flexibility index (Phi) is 3.86. The second-order valence-corrected chi connectivity index (χ2v) is 7.29. The molecule has 0 aliphatic heterocycles. The molecule has 0 bridgehead atoms. The van der Waals surface area contributed by atoms with E-state index >= 15 is 0 Å². The van der Waals surface area contributed by atoms with Crippen LogP contribution in [0.5, 0.6) is 0 Å². The van der Waals surface area contributed by atoms with E-state index in [0.29, 0.717) is 6.42 Å². The highest BCUT2D eigenvalue weighted by Gasteiger charge is 2.43. The molecule has 0 spiro atoms. The van der Waals surface area contributed by atoms with Crippen molar-refractivity contribution in [1.29, 1.82) is 0 Å². The summed E-state index contributed by atoms with van der Waals surface area (Å²) in [6.07, 6.45) is 4.21. The molecule has 1 atom stereocenters. The molecule has 0 aromatic heterocycles. The van der Waals surface area contributed by atoms with Gasteiger partial charge in [-0.25, -0.2) is 4.57 Å². The van der Waals surface area contributed by atoms with Crippen molar-refractivity contribution in [2.75, 3.05) is 0 Å². The van der Waals surface area contributed by atoms with Crippen LogP contribution in [-0.2, 0) is 14.7 Å². The first-order valence-corrected chi connectivity index (χ1v) is 9.53. The third kappa shape index (κ3) is 2.84. The molecule has 1 unspecified atom stereocenters. The fourth-order valence-electron chi connectivity index (χ4n) is 3.64. The maximum atomic E-state index is 11.9. The van der Waals surface area contributed by atoms with E-state index in [-0.39, 0.29) is 0 Å². The molecular weight excluding hydrogens is 335 g/mol. The number of hydrogen-bond donors (Lipinski definition) is 2. The van der Waals surface area contributed by atoms with Crippen LogP contribution in [0.3, 0.4) is 0 Å². The van der Waals surface area contributed by atoms with Crippen molar-refractivity contribution in [3.05, 3.63) is 89.5 Å². The first kappa shape index (κ1) is 16.2. The van der Waals surface area contributed by atoms with Gasteiger partial charge in [0.2, 0.25) is 0 Å². The fraction of sp³-hybridized carbons (Fsp3) is 0.100. The number of phosphoric acid groups is 1. The van der Waals surface area contributed by atoms with Crippen molar-refractivity contribution < 1.29 is 18.9 Å². The van der Waals surface area contributed by atoms with Gasteiger partial charge in [-0.1, -0.05) is 78.9 Å². The minimum Gasteiger partial charge on any atom is -0.303 e. The van der Waals surface area contributed by atoms with E-state index in [4.69, 9.17) is 4.52 Å². The molecule has 25 heavy (non-hydrogen) atoms. The van der Waals surface area contributed by atoms with E-state index in [1.165, 1.54) is 0 Å². The third-order valence-corrected chi connectivity index (χ3v) is 5.15. The SMILES string of the molecule is O=P(O)(O)OC1(c2cccc3ccccc23)CC=Cc2ccccc21. The number of phosphoric ester groups is 1. The highest BCUT2D eigenvalue weighted by atomic mass is 31.2. The zero-order valence-electron chi connectivity index (χ0n) is 13.4. The molecule has 0 radical (unpaired) electrons. The van der Waals surface area contributed by atoms with Gasteiger partial charge < -0.3 is 9.79 Å². The Morgan fingerprint density at radius 1 is 0.880 bits per heavy atom. The lowest BCUT2D eigenvalue weighted by atomic mass is 9.76. The molecule has 5 heteroatoms. The van der Waals surface area contributed by atoms with Gasteiger partial charge >= 0.3 is 7.82 Å². The number of hydrogen-bond acceptors (Lipinski definition) is 2. The Hall–Kier alpha value is -2.23. The summed E-state index contributed by atoms with van der Waals surface area (Å²) in [5.41, 5.74) is 1.18. The van der Waals surface area contributed by atoms with E-state index in [1.807, 2.05) is 78.9 Å². The van der Waals surface area contributed by atoms with Crippen molar-refractivity contribution in [1.82, 2.24) is 0 Å². The van der Waals surface area contributed by atoms with Crippen molar-refractivity contribution >= 4 is 24.7 Å². The smallest absolute Gasteiger partial charge is 0.303 e. The summed E-state index contributed by atoms with van der Waals surface area (Å²) in [5, 5.41) is 1.92. The van der Waals surface area contributed by atoms with Crippen LogP contribution in [0.1, 0.15) is 23.1 Å². The summed E-state index contributed by atoms with van der Waals surface area (Å²) < 4.78 is 17.4. The third-order valence-electron chi connectivity index (χ3n) is 4.60. The molecule has 4 nitrogen and oxygen atoms in total. The van der Waals surface area contributed by atoms with Gasteiger partial charge in [-0.05, 0) is 27.5 Å². The Morgan fingerprint density at radius 2 is 1.56 bits per heavy atom. The lowest BCUT2D eigenvalue weighted by Crippen LogP contribution is -2.32. The molecule has 0 amide bonds. The van der Waals surface area contributed by atoms with Gasteiger partial charge in [0.1, 0.15) is 5.60 Å². The quantitative estimate of drug-likeness (QED) is 0.676. The van der Waals surface area contributed by atoms with Crippen LogP contribution in [0, 0.1) is 0 Å². The van der Waals surface area contributed by atoms with Gasteiger partial charge in [0.05, 0.1) is 0 Å². The Labute approximate surface area is 145 Å². The van der Waals surface area contributed by atoms with Crippen molar-refractivity contribution in [3.8, 4) is 0 Å². The molecule has 0 heterocycles. The van der Waals surface area contributed by atoms with E-state index in [0.717, 1.165) is 27.5 Å². The second-order valence-electron chi connectivity index (χ2n) is 6.13. The normalized spacial score (nSPS) is 19.8. The Balaban J connectivity index is 2.06. The molecule has 0 saturated heterocycles. The van der Waals surface area contributed by atoms with Crippen LogP contribution < -0.4 is 0 Å². The molecule has 0 saturated carbocycles. The van der Waals surface area contributed by atoms with E-state index in [2.05, 4.69) is 0 Å². The van der Waals surface area contributed by atoms with Crippen LogP contribution in [0.25, 0.3) is 16.8 Å². The average Bonchev–Trinajstić information content (AvgIpc) is 2.60. The highest BCUT2D eigenvalue weighted by Crippen LogP contribution is 2.53. The first-order chi connectivity index (χ1) is 12.0. The minimum absolute atomic E-state index is 0.350. The zero-order chi connectivity index (χ0) is 17.5. The van der Waals surface area contributed by atoms with Crippen molar-refractivity contribution in [2.24, 2.45) is 0 Å². The van der Waals surface area contributed by atoms with E-state index in [1.54, 1.807) is 0 Å². The molecule has 4 rings (SSSR count). The lowest BCUT2D eigenvalue weighted by molar-refractivity contribution is 0.0676. The summed E-state index contributed by atoms with van der Waals surface area (Å²) in [6, 6.07) is 21.1. The maximum Gasteiger partial charge on any atom is 0.470 e. The van der Waals surface area contributed by atoms with Crippen molar-refractivity contribution in [2.45, 2.75) is 12.0 Å². The molecule has 1 aliphatic rings. The summed E-state index contributed by atoms with van der Waals surface area (Å²) in [4.78, 5) is 19.3. The standard InChI is InChI=1S/C20H17O4P/c21-25(22,23)24-20(14-6-10-16-8-2-4-12-18(16)20)19-13-5-9-15-7-1-3-11-17(15)19/h1-13H,14H2,(H2,21,22,23). The summed E-state index contributed by atoms with van der Waals surface area (Å²) in [5.74, 6) is 0. The van der Waals surface area contributed by atoms with Crippen LogP contribution >= 0.6 is 7.82 Å². The van der Waals surface area contributed by atoms with Crippen LogP contribution in [0.2, 0.25) is 0 Å². The van der Waals surface area contributed by atoms with Crippen LogP contribution in [0.15, 0.2) is 72.8 Å². The van der Waals surface area contributed by atoms with Crippen LogP contribution in [-0.4, -0.2) is 9.79 Å². The first-order valence-electron chi connectivity index (χ1n) is 8.00. The largest absolute Gasteiger partial charge is 0.470 e. The van der Waals surface area contributed by atoms with Gasteiger partial charge in [0, 0.05) is 6.42 Å². The van der Waals surface area contributed by atoms with Gasteiger partial charge in [0.25, 0.3) is 0 Å². The van der Waals surface area contributed by atoms with Gasteiger partial charge in [0.15, 0.2) is 0 Å². The topological polar surface area (TPSA) is 66.8 Å². The number of rotatable bonds is 3. The molecule has 3 aromatic carbocycles. The number of fused-ring (bicyclic) bond motifs is 2. The average molecular weight is 352 g/mol. The van der Waals surface area contributed by atoms with Crippen LogP contribution in [0.4, 0.5) is 0 Å². The predicted octanol–water partition coefficient (Wildman–Crippen LogP) is 4.61. The summed E-state index contributed by atoms with van der Waals surface area (Å²) in [6.45, 7) is 0. The summed E-state index contributed by atoms with van der Waals surface area (Å²) in [7, 11) is -4.73. The molecule has 2 N–H and O–H groups in total. The molecule has 0 fully saturated rings. The highest BCUT2D eigenvalue weighted by molar-refractivity contribution is 7.46. The second kappa shape index (κ2) is 5.94. The molecule has 3 aromatic rings. The predicted molar refractivity (Wildman–Crippen MR) is 98.0 cm³/mol. The van der Waals surface area contributed by atoms with E-state index < -0.39 is 13.4 Å².